The maximum atomic E-state index is 10.6. The van der Waals surface area contributed by atoms with Crippen LogP contribution >= 0.6 is 0 Å². The summed E-state index contributed by atoms with van der Waals surface area (Å²) in [6.45, 7) is 0. The molecular formula is C11H16N2O. The van der Waals surface area contributed by atoms with Gasteiger partial charge in [0, 0.05) is 12.5 Å². The Balaban J connectivity index is 2.30. The third-order valence-electron chi connectivity index (χ3n) is 2.11. The highest BCUT2D eigenvalue weighted by molar-refractivity contribution is 5.74. The van der Waals surface area contributed by atoms with Gasteiger partial charge in [0.15, 0.2) is 0 Å². The van der Waals surface area contributed by atoms with Gasteiger partial charge in [-0.1, -0.05) is 30.3 Å². The first-order valence-corrected chi connectivity index (χ1v) is 4.76. The summed E-state index contributed by atoms with van der Waals surface area (Å²) in [5, 5.41) is 0. The van der Waals surface area contributed by atoms with Crippen LogP contribution in [0.5, 0.6) is 0 Å². The number of hydrogen-bond acceptors (Lipinski definition) is 2. The number of rotatable bonds is 5. The topological polar surface area (TPSA) is 69.1 Å². The molecule has 1 amide bonds. The Bertz CT molecular complexity index is 285. The molecule has 1 atom stereocenters. The van der Waals surface area contributed by atoms with Gasteiger partial charge >= 0.3 is 0 Å². The van der Waals surface area contributed by atoms with Crippen LogP contribution in [0.15, 0.2) is 30.3 Å². The Morgan fingerprint density at radius 3 is 2.50 bits per heavy atom. The number of carbonyl (C=O) groups excluding carboxylic acids is 1. The fraction of sp³-hybridized carbons (Fsp3) is 0.364. The number of aryl methyl sites for hydroxylation is 1. The molecule has 0 heterocycles. The highest BCUT2D eigenvalue weighted by Crippen LogP contribution is 2.05. The summed E-state index contributed by atoms with van der Waals surface area (Å²) >= 11 is 0. The van der Waals surface area contributed by atoms with E-state index in [9.17, 15) is 4.79 Å². The summed E-state index contributed by atoms with van der Waals surface area (Å²) < 4.78 is 0. The normalized spacial score (nSPS) is 12.4. The van der Waals surface area contributed by atoms with E-state index in [-0.39, 0.29) is 18.4 Å². The lowest BCUT2D eigenvalue weighted by Gasteiger charge is -2.08. The van der Waals surface area contributed by atoms with Gasteiger partial charge < -0.3 is 11.5 Å². The molecule has 0 radical (unpaired) electrons. The molecule has 0 aliphatic heterocycles. The van der Waals surface area contributed by atoms with Gasteiger partial charge in [-0.2, -0.15) is 0 Å². The highest BCUT2D eigenvalue weighted by Gasteiger charge is 2.05. The summed E-state index contributed by atoms with van der Waals surface area (Å²) in [5.41, 5.74) is 12.0. The minimum absolute atomic E-state index is 0.118. The van der Waals surface area contributed by atoms with E-state index in [1.165, 1.54) is 5.56 Å². The van der Waals surface area contributed by atoms with Crippen LogP contribution in [-0.2, 0) is 11.2 Å². The molecule has 0 spiro atoms. The summed E-state index contributed by atoms with van der Waals surface area (Å²) in [6, 6.07) is 9.96. The molecule has 0 saturated carbocycles. The predicted octanol–water partition coefficient (Wildman–Crippen LogP) is 0.822. The number of benzene rings is 1. The summed E-state index contributed by atoms with van der Waals surface area (Å²) in [7, 11) is 0. The minimum atomic E-state index is -0.328. The lowest BCUT2D eigenvalue weighted by Crippen LogP contribution is -2.27. The Morgan fingerprint density at radius 2 is 1.93 bits per heavy atom. The quantitative estimate of drug-likeness (QED) is 0.725. The van der Waals surface area contributed by atoms with Gasteiger partial charge in [0.25, 0.3) is 0 Å². The Kier molecular flexibility index (Phi) is 4.13. The van der Waals surface area contributed by atoms with Crippen LogP contribution in [-0.4, -0.2) is 11.9 Å². The van der Waals surface area contributed by atoms with Gasteiger partial charge in [-0.25, -0.2) is 0 Å². The van der Waals surface area contributed by atoms with Crippen LogP contribution in [0.4, 0.5) is 0 Å². The lowest BCUT2D eigenvalue weighted by atomic mass is 10.0. The van der Waals surface area contributed by atoms with Gasteiger partial charge in [-0.05, 0) is 18.4 Å². The first-order valence-electron chi connectivity index (χ1n) is 4.76. The zero-order chi connectivity index (χ0) is 10.4. The Morgan fingerprint density at radius 1 is 1.29 bits per heavy atom. The van der Waals surface area contributed by atoms with E-state index in [4.69, 9.17) is 11.5 Å². The van der Waals surface area contributed by atoms with Crippen LogP contribution < -0.4 is 11.5 Å². The van der Waals surface area contributed by atoms with Crippen LogP contribution in [0.3, 0.4) is 0 Å². The molecule has 1 aromatic carbocycles. The van der Waals surface area contributed by atoms with Gasteiger partial charge in [0.2, 0.25) is 5.91 Å². The van der Waals surface area contributed by atoms with Gasteiger partial charge in [-0.3, -0.25) is 4.79 Å². The van der Waals surface area contributed by atoms with E-state index >= 15 is 0 Å². The monoisotopic (exact) mass is 192 g/mol. The number of nitrogens with two attached hydrogens (primary N) is 2. The lowest BCUT2D eigenvalue weighted by molar-refractivity contribution is -0.118. The first kappa shape index (κ1) is 10.7. The maximum Gasteiger partial charge on any atom is 0.218 e. The molecule has 1 rings (SSSR count). The summed E-state index contributed by atoms with van der Waals surface area (Å²) in [6.07, 6.45) is 1.97. The third kappa shape index (κ3) is 4.05. The van der Waals surface area contributed by atoms with Crippen molar-refractivity contribution in [3.8, 4) is 0 Å². The van der Waals surface area contributed by atoms with E-state index in [0.29, 0.717) is 0 Å². The fourth-order valence-corrected chi connectivity index (χ4v) is 1.36. The second kappa shape index (κ2) is 5.40. The number of amides is 1. The molecule has 0 aromatic heterocycles. The molecular weight excluding hydrogens is 176 g/mol. The second-order valence-corrected chi connectivity index (χ2v) is 3.45. The molecule has 14 heavy (non-hydrogen) atoms. The Labute approximate surface area is 84.1 Å². The standard InChI is InChI=1S/C11H16N2O/c12-10(8-11(13)14)7-6-9-4-2-1-3-5-9/h1-5,10H,6-8,12H2,(H2,13,14). The van der Waals surface area contributed by atoms with E-state index in [1.54, 1.807) is 0 Å². The molecule has 76 valence electrons. The van der Waals surface area contributed by atoms with E-state index in [1.807, 2.05) is 18.2 Å². The fourth-order valence-electron chi connectivity index (χ4n) is 1.36. The second-order valence-electron chi connectivity index (χ2n) is 3.45. The summed E-state index contributed by atoms with van der Waals surface area (Å²) in [4.78, 5) is 10.6. The zero-order valence-electron chi connectivity index (χ0n) is 8.15. The van der Waals surface area contributed by atoms with Gasteiger partial charge in [-0.15, -0.1) is 0 Å². The van der Waals surface area contributed by atoms with E-state index < -0.39 is 0 Å². The molecule has 1 unspecified atom stereocenters. The smallest absolute Gasteiger partial charge is 0.218 e. The van der Waals surface area contributed by atoms with Crippen molar-refractivity contribution in [2.75, 3.05) is 0 Å². The van der Waals surface area contributed by atoms with Crippen molar-refractivity contribution in [3.63, 3.8) is 0 Å². The number of primary amides is 1. The largest absolute Gasteiger partial charge is 0.370 e. The average Bonchev–Trinajstić information content (AvgIpc) is 2.15. The molecule has 0 bridgehead atoms. The molecule has 3 nitrogen and oxygen atoms in total. The molecule has 0 fully saturated rings. The molecule has 4 N–H and O–H groups in total. The van der Waals surface area contributed by atoms with Crippen LogP contribution in [0.2, 0.25) is 0 Å². The first-order chi connectivity index (χ1) is 6.68. The van der Waals surface area contributed by atoms with E-state index in [2.05, 4.69) is 12.1 Å². The third-order valence-corrected chi connectivity index (χ3v) is 2.11. The SMILES string of the molecule is NC(=O)CC(N)CCc1ccccc1. The number of carbonyl (C=O) groups is 1. The van der Waals surface area contributed by atoms with Crippen molar-refractivity contribution in [2.24, 2.45) is 11.5 Å². The average molecular weight is 192 g/mol. The van der Waals surface area contributed by atoms with Crippen LogP contribution in [0, 0.1) is 0 Å². The van der Waals surface area contributed by atoms with Crippen molar-refractivity contribution in [1.82, 2.24) is 0 Å². The summed E-state index contributed by atoms with van der Waals surface area (Å²) in [5.74, 6) is -0.328. The van der Waals surface area contributed by atoms with Gasteiger partial charge in [0.1, 0.15) is 0 Å². The van der Waals surface area contributed by atoms with Crippen molar-refractivity contribution in [3.05, 3.63) is 35.9 Å². The van der Waals surface area contributed by atoms with Gasteiger partial charge in [0.05, 0.1) is 0 Å². The molecule has 3 heteroatoms. The maximum absolute atomic E-state index is 10.6. The van der Waals surface area contributed by atoms with Crippen molar-refractivity contribution in [2.45, 2.75) is 25.3 Å². The van der Waals surface area contributed by atoms with Crippen LogP contribution in [0.1, 0.15) is 18.4 Å². The zero-order valence-corrected chi connectivity index (χ0v) is 8.15. The molecule has 1 aromatic rings. The van der Waals surface area contributed by atoms with Crippen molar-refractivity contribution in [1.29, 1.82) is 0 Å². The van der Waals surface area contributed by atoms with Crippen molar-refractivity contribution >= 4 is 5.91 Å². The highest BCUT2D eigenvalue weighted by atomic mass is 16.1. The Hall–Kier alpha value is -1.35. The molecule has 0 aliphatic rings. The van der Waals surface area contributed by atoms with E-state index in [0.717, 1.165) is 12.8 Å². The van der Waals surface area contributed by atoms with Crippen molar-refractivity contribution < 1.29 is 4.79 Å². The molecule has 0 saturated heterocycles. The number of hydrogen-bond donors (Lipinski definition) is 2. The minimum Gasteiger partial charge on any atom is -0.370 e. The van der Waals surface area contributed by atoms with Crippen LogP contribution in [0.25, 0.3) is 0 Å². The molecule has 0 aliphatic carbocycles. The predicted molar refractivity (Wildman–Crippen MR) is 56.5 cm³/mol.